The molecular formula is C19H14Cl2N2O5. The zero-order valence-corrected chi connectivity index (χ0v) is 16.1. The van der Waals surface area contributed by atoms with Crippen LogP contribution in [-0.2, 0) is 0 Å². The molecule has 0 bridgehead atoms. The molecule has 0 atom stereocenters. The Bertz CT molecular complexity index is 1130. The van der Waals surface area contributed by atoms with Gasteiger partial charge in [0, 0.05) is 16.5 Å². The number of hydrazine groups is 1. The Balaban J connectivity index is 1.77. The number of rotatable bonds is 4. The van der Waals surface area contributed by atoms with Crippen molar-refractivity contribution in [2.24, 2.45) is 0 Å². The maximum atomic E-state index is 12.3. The number of amides is 2. The number of benzene rings is 2. The van der Waals surface area contributed by atoms with E-state index in [0.717, 1.165) is 0 Å². The third-order valence-electron chi connectivity index (χ3n) is 3.73. The van der Waals surface area contributed by atoms with Crippen molar-refractivity contribution in [1.82, 2.24) is 10.9 Å². The van der Waals surface area contributed by atoms with Crippen LogP contribution in [0.25, 0.3) is 11.0 Å². The smallest absolute Gasteiger partial charge is 0.349 e. The highest BCUT2D eigenvalue weighted by Crippen LogP contribution is 2.21. The van der Waals surface area contributed by atoms with Crippen molar-refractivity contribution >= 4 is 46.0 Å². The van der Waals surface area contributed by atoms with Crippen LogP contribution in [0.4, 0.5) is 0 Å². The highest BCUT2D eigenvalue weighted by Gasteiger charge is 2.16. The Morgan fingerprint density at radius 2 is 1.71 bits per heavy atom. The normalized spacial score (nSPS) is 10.5. The second kappa shape index (κ2) is 8.33. The minimum Gasteiger partial charge on any atom is -0.494 e. The molecule has 0 spiro atoms. The van der Waals surface area contributed by atoms with E-state index >= 15 is 0 Å². The van der Waals surface area contributed by atoms with Gasteiger partial charge in [-0.1, -0.05) is 23.2 Å². The summed E-state index contributed by atoms with van der Waals surface area (Å²) in [6.07, 6.45) is 0. The van der Waals surface area contributed by atoms with Crippen molar-refractivity contribution in [3.8, 4) is 5.75 Å². The number of halogens is 2. The molecule has 3 aromatic rings. The lowest BCUT2D eigenvalue weighted by Gasteiger charge is -2.09. The van der Waals surface area contributed by atoms with Crippen LogP contribution in [0.5, 0.6) is 5.75 Å². The molecule has 0 saturated carbocycles. The Morgan fingerprint density at radius 1 is 1.00 bits per heavy atom. The minimum absolute atomic E-state index is 0.111. The Hall–Kier alpha value is -3.03. The first-order valence-corrected chi connectivity index (χ1v) is 8.91. The lowest BCUT2D eigenvalue weighted by molar-refractivity contribution is 0.0844. The first-order valence-electron chi connectivity index (χ1n) is 8.15. The van der Waals surface area contributed by atoms with Crippen molar-refractivity contribution < 1.29 is 18.7 Å². The van der Waals surface area contributed by atoms with E-state index in [9.17, 15) is 14.4 Å². The zero-order chi connectivity index (χ0) is 20.3. The zero-order valence-electron chi connectivity index (χ0n) is 14.5. The Morgan fingerprint density at radius 3 is 2.39 bits per heavy atom. The summed E-state index contributed by atoms with van der Waals surface area (Å²) in [7, 11) is 0. The van der Waals surface area contributed by atoms with Gasteiger partial charge in [0.25, 0.3) is 11.8 Å². The maximum Gasteiger partial charge on any atom is 0.349 e. The van der Waals surface area contributed by atoms with E-state index in [1.807, 2.05) is 6.92 Å². The summed E-state index contributed by atoms with van der Waals surface area (Å²) >= 11 is 11.7. The molecule has 0 aliphatic heterocycles. The van der Waals surface area contributed by atoms with Crippen LogP contribution in [-0.4, -0.2) is 18.4 Å². The van der Waals surface area contributed by atoms with Gasteiger partial charge in [-0.15, -0.1) is 0 Å². The fourth-order valence-corrected chi connectivity index (χ4v) is 2.92. The van der Waals surface area contributed by atoms with Crippen molar-refractivity contribution in [1.29, 1.82) is 0 Å². The van der Waals surface area contributed by atoms with Crippen LogP contribution < -0.4 is 21.2 Å². The monoisotopic (exact) mass is 420 g/mol. The van der Waals surface area contributed by atoms with E-state index in [1.165, 1.54) is 24.3 Å². The summed E-state index contributed by atoms with van der Waals surface area (Å²) in [4.78, 5) is 36.6. The summed E-state index contributed by atoms with van der Waals surface area (Å²) in [5.41, 5.74) is 3.63. The van der Waals surface area contributed by atoms with E-state index in [1.54, 1.807) is 18.2 Å². The van der Waals surface area contributed by atoms with Crippen LogP contribution in [0.15, 0.2) is 51.7 Å². The first-order chi connectivity index (χ1) is 13.4. The van der Waals surface area contributed by atoms with Gasteiger partial charge in [-0.2, -0.15) is 0 Å². The largest absolute Gasteiger partial charge is 0.494 e. The molecule has 0 fully saturated rings. The number of hydrogen-bond acceptors (Lipinski definition) is 5. The summed E-state index contributed by atoms with van der Waals surface area (Å²) in [5.74, 6) is -0.952. The van der Waals surface area contributed by atoms with E-state index in [0.29, 0.717) is 22.8 Å². The standard InChI is InChI=1S/C19H14Cl2N2O5/c1-2-27-12-5-3-10-7-14(19(26)28-16(10)9-12)18(25)23-22-17(24)13-6-4-11(20)8-15(13)21/h3-9H,2H2,1H3,(H,22,24)(H,23,25). The molecule has 144 valence electrons. The minimum atomic E-state index is -0.850. The number of ether oxygens (including phenoxy) is 1. The topological polar surface area (TPSA) is 97.6 Å². The molecule has 0 aliphatic rings. The van der Waals surface area contributed by atoms with Crippen LogP contribution in [0.2, 0.25) is 10.0 Å². The lowest BCUT2D eigenvalue weighted by Crippen LogP contribution is -2.43. The number of carbonyl (C=O) groups is 2. The summed E-state index contributed by atoms with van der Waals surface area (Å²) in [6.45, 7) is 2.30. The number of fused-ring (bicyclic) bond motifs is 1. The van der Waals surface area contributed by atoms with Gasteiger partial charge in [0.2, 0.25) is 0 Å². The molecule has 1 aromatic heterocycles. The average molecular weight is 421 g/mol. The van der Waals surface area contributed by atoms with E-state index in [2.05, 4.69) is 10.9 Å². The van der Waals surface area contributed by atoms with Crippen LogP contribution in [0.1, 0.15) is 27.6 Å². The fourth-order valence-electron chi connectivity index (χ4n) is 2.43. The average Bonchev–Trinajstić information content (AvgIpc) is 2.65. The third-order valence-corrected chi connectivity index (χ3v) is 4.28. The highest BCUT2D eigenvalue weighted by molar-refractivity contribution is 6.36. The van der Waals surface area contributed by atoms with Gasteiger partial charge in [0.15, 0.2) is 0 Å². The van der Waals surface area contributed by atoms with Gasteiger partial charge in [-0.25, -0.2) is 4.79 Å². The number of hydrogen-bond donors (Lipinski definition) is 2. The SMILES string of the molecule is CCOc1ccc2cc(C(=O)NNC(=O)c3ccc(Cl)cc3Cl)c(=O)oc2c1. The molecule has 28 heavy (non-hydrogen) atoms. The van der Waals surface area contributed by atoms with Crippen LogP contribution in [0, 0.1) is 0 Å². The molecular weight excluding hydrogens is 407 g/mol. The van der Waals surface area contributed by atoms with Gasteiger partial charge in [-0.3, -0.25) is 20.4 Å². The predicted molar refractivity (Wildman–Crippen MR) is 105 cm³/mol. The fraction of sp³-hybridized carbons (Fsp3) is 0.105. The molecule has 3 rings (SSSR count). The summed E-state index contributed by atoms with van der Waals surface area (Å²) < 4.78 is 10.5. The second-order valence-electron chi connectivity index (χ2n) is 5.61. The van der Waals surface area contributed by atoms with Crippen molar-refractivity contribution in [2.75, 3.05) is 6.61 Å². The maximum absolute atomic E-state index is 12.3. The molecule has 0 saturated heterocycles. The van der Waals surface area contributed by atoms with E-state index in [4.69, 9.17) is 32.4 Å². The quantitative estimate of drug-likeness (QED) is 0.496. The van der Waals surface area contributed by atoms with Crippen molar-refractivity contribution in [3.05, 3.63) is 74.1 Å². The molecule has 0 unspecified atom stereocenters. The summed E-state index contributed by atoms with van der Waals surface area (Å²) in [6, 6.07) is 10.6. The summed E-state index contributed by atoms with van der Waals surface area (Å²) in [5, 5.41) is 1.02. The predicted octanol–water partition coefficient (Wildman–Crippen LogP) is 3.57. The molecule has 9 heteroatoms. The molecule has 2 N–H and O–H groups in total. The van der Waals surface area contributed by atoms with Gasteiger partial charge < -0.3 is 9.15 Å². The number of nitrogens with one attached hydrogen (secondary N) is 2. The van der Waals surface area contributed by atoms with Crippen molar-refractivity contribution in [2.45, 2.75) is 6.92 Å². The third kappa shape index (κ3) is 4.27. The molecule has 1 heterocycles. The highest BCUT2D eigenvalue weighted by atomic mass is 35.5. The van der Waals surface area contributed by atoms with Crippen molar-refractivity contribution in [3.63, 3.8) is 0 Å². The van der Waals surface area contributed by atoms with Gasteiger partial charge >= 0.3 is 5.63 Å². The Kier molecular flexibility index (Phi) is 5.87. The second-order valence-corrected chi connectivity index (χ2v) is 6.46. The molecule has 2 aromatic carbocycles. The molecule has 2 amide bonds. The van der Waals surface area contributed by atoms with Crippen LogP contribution in [0.3, 0.4) is 0 Å². The Labute approximate surface area is 169 Å². The van der Waals surface area contributed by atoms with E-state index < -0.39 is 17.4 Å². The molecule has 0 aliphatic carbocycles. The lowest BCUT2D eigenvalue weighted by atomic mass is 10.1. The van der Waals surface area contributed by atoms with Gasteiger partial charge in [-0.05, 0) is 43.3 Å². The van der Waals surface area contributed by atoms with E-state index in [-0.39, 0.29) is 21.7 Å². The number of carbonyl (C=O) groups excluding carboxylic acids is 2. The first kappa shape index (κ1) is 19.7. The molecule has 7 nitrogen and oxygen atoms in total. The molecule has 0 radical (unpaired) electrons. The van der Waals surface area contributed by atoms with Gasteiger partial charge in [0.05, 0.1) is 17.2 Å². The van der Waals surface area contributed by atoms with Gasteiger partial charge in [0.1, 0.15) is 16.9 Å². The van der Waals surface area contributed by atoms with Crippen LogP contribution >= 0.6 is 23.2 Å².